The van der Waals surface area contributed by atoms with Crippen molar-refractivity contribution >= 4 is 35.1 Å². The number of rotatable bonds is 7. The lowest BCUT2D eigenvalue weighted by molar-refractivity contribution is -0.153. The number of halogens is 2. The molecule has 0 unspecified atom stereocenters. The maximum Gasteiger partial charge on any atom is 0.359 e. The van der Waals surface area contributed by atoms with Crippen LogP contribution in [0.5, 0.6) is 5.75 Å². The summed E-state index contributed by atoms with van der Waals surface area (Å²) in [5.41, 5.74) is 5.06. The van der Waals surface area contributed by atoms with Gasteiger partial charge >= 0.3 is 11.9 Å². The summed E-state index contributed by atoms with van der Waals surface area (Å²) in [7, 11) is 0. The van der Waals surface area contributed by atoms with Gasteiger partial charge in [0.25, 0.3) is 0 Å². The topological polar surface area (TPSA) is 128 Å². The highest BCUT2D eigenvalue weighted by molar-refractivity contribution is 6.42. The summed E-state index contributed by atoms with van der Waals surface area (Å²) < 4.78 is 10.1. The predicted octanol–water partition coefficient (Wildman–Crippen LogP) is 1.92. The van der Waals surface area contributed by atoms with E-state index in [4.69, 9.17) is 44.3 Å². The first-order chi connectivity index (χ1) is 11.1. The molecule has 0 aliphatic rings. The number of aliphatic carboxylic acids is 1. The summed E-state index contributed by atoms with van der Waals surface area (Å²) in [6.07, 6.45) is 0. The molecule has 0 aliphatic heterocycles. The lowest BCUT2D eigenvalue weighted by atomic mass is 10.2. The zero-order valence-corrected chi connectivity index (χ0v) is 14.5. The Morgan fingerprint density at radius 2 is 1.92 bits per heavy atom. The number of esters is 1. The minimum absolute atomic E-state index is 0.160. The number of nitrogens with two attached hydrogens (primary N) is 2. The monoisotopic (exact) mass is 377 g/mol. The highest BCUT2D eigenvalue weighted by Crippen LogP contribution is 2.27. The fourth-order valence-electron chi connectivity index (χ4n) is 1.45. The molecule has 0 aromatic heterocycles. The predicted molar refractivity (Wildman–Crippen MR) is 87.8 cm³/mol. The van der Waals surface area contributed by atoms with Crippen LogP contribution in [-0.2, 0) is 14.3 Å². The largest absolute Gasteiger partial charge is 0.476 e. The molecule has 1 aromatic carbocycles. The van der Waals surface area contributed by atoms with Crippen molar-refractivity contribution in [1.29, 1.82) is 0 Å². The van der Waals surface area contributed by atoms with Crippen LogP contribution >= 0.6 is 23.2 Å². The van der Waals surface area contributed by atoms with Crippen molar-refractivity contribution in [2.75, 3.05) is 6.73 Å². The lowest BCUT2D eigenvalue weighted by Gasteiger charge is -2.20. The van der Waals surface area contributed by atoms with E-state index in [0.29, 0.717) is 10.0 Å². The van der Waals surface area contributed by atoms with Gasteiger partial charge in [0, 0.05) is 6.07 Å². The Labute approximate surface area is 148 Å². The smallest absolute Gasteiger partial charge is 0.359 e. The summed E-state index contributed by atoms with van der Waals surface area (Å²) in [6, 6.07) is 4.26. The van der Waals surface area contributed by atoms with Gasteiger partial charge in [-0.15, -0.1) is 0 Å². The van der Waals surface area contributed by atoms with Crippen molar-refractivity contribution in [3.8, 4) is 5.75 Å². The lowest BCUT2D eigenvalue weighted by Crippen LogP contribution is -2.39. The van der Waals surface area contributed by atoms with Gasteiger partial charge in [-0.25, -0.2) is 10.6 Å². The molecule has 5 N–H and O–H groups in total. The standard InChI is InChI=1S/C14H17Cl2N3O5/c1-7(2)14(22)23-6-19(18)11(13(20)21)12(17)24-8-3-4-9(15)10(16)5-8/h3-5,7H,6,17-18H2,1-2H3,(H,20,21)/b12-11+. The van der Waals surface area contributed by atoms with Crippen LogP contribution < -0.4 is 16.3 Å². The molecule has 0 heterocycles. The molecular weight excluding hydrogens is 361 g/mol. The van der Waals surface area contributed by atoms with Gasteiger partial charge < -0.3 is 20.3 Å². The summed E-state index contributed by atoms with van der Waals surface area (Å²) in [6.45, 7) is 2.74. The summed E-state index contributed by atoms with van der Waals surface area (Å²) >= 11 is 11.6. The quantitative estimate of drug-likeness (QED) is 0.164. The van der Waals surface area contributed by atoms with Crippen molar-refractivity contribution in [3.63, 3.8) is 0 Å². The average molecular weight is 378 g/mol. The number of hydrogen-bond acceptors (Lipinski definition) is 7. The number of hydrazine groups is 1. The number of hydrogen-bond donors (Lipinski definition) is 3. The summed E-state index contributed by atoms with van der Waals surface area (Å²) in [4.78, 5) is 22.8. The minimum Gasteiger partial charge on any atom is -0.476 e. The molecule has 8 nitrogen and oxygen atoms in total. The van der Waals surface area contributed by atoms with Crippen LogP contribution in [0, 0.1) is 5.92 Å². The number of carbonyl (C=O) groups is 2. The van der Waals surface area contributed by atoms with E-state index in [9.17, 15) is 14.7 Å². The molecule has 24 heavy (non-hydrogen) atoms. The molecule has 0 bridgehead atoms. The van der Waals surface area contributed by atoms with E-state index < -0.39 is 30.2 Å². The van der Waals surface area contributed by atoms with Gasteiger partial charge in [0.05, 0.1) is 16.0 Å². The first-order valence-corrected chi connectivity index (χ1v) is 7.43. The second-order valence-electron chi connectivity index (χ2n) is 4.91. The summed E-state index contributed by atoms with van der Waals surface area (Å²) in [5.74, 6) is 2.84. The number of carbonyl (C=O) groups excluding carboxylic acids is 1. The molecule has 0 fully saturated rings. The number of carboxylic acid groups (broad SMARTS) is 1. The Balaban J connectivity index is 2.94. The van der Waals surface area contributed by atoms with Crippen molar-refractivity contribution in [2.45, 2.75) is 13.8 Å². The fourth-order valence-corrected chi connectivity index (χ4v) is 1.74. The molecule has 0 radical (unpaired) electrons. The molecule has 0 saturated carbocycles. The van der Waals surface area contributed by atoms with Gasteiger partial charge in [-0.2, -0.15) is 0 Å². The third kappa shape index (κ3) is 5.48. The molecule has 0 atom stereocenters. The number of ether oxygens (including phenoxy) is 2. The second kappa shape index (κ2) is 8.62. The molecule has 0 spiro atoms. The van der Waals surface area contributed by atoms with Crippen LogP contribution in [0.15, 0.2) is 29.8 Å². The minimum atomic E-state index is -1.46. The Morgan fingerprint density at radius 1 is 1.29 bits per heavy atom. The maximum atomic E-state index is 11.4. The van der Waals surface area contributed by atoms with Crippen LogP contribution in [0.4, 0.5) is 0 Å². The Kier molecular flexibility index (Phi) is 7.15. The number of benzene rings is 1. The van der Waals surface area contributed by atoms with Crippen molar-refractivity contribution in [3.05, 3.63) is 39.8 Å². The highest BCUT2D eigenvalue weighted by Gasteiger charge is 2.22. The van der Waals surface area contributed by atoms with Crippen molar-refractivity contribution < 1.29 is 24.2 Å². The zero-order chi connectivity index (χ0) is 18.4. The SMILES string of the molecule is CC(C)C(=O)OCN(N)/C(C(=O)O)=C(\N)Oc1ccc(Cl)c(Cl)c1. The molecule has 10 heteroatoms. The number of nitrogens with zero attached hydrogens (tertiary/aromatic N) is 1. The van der Waals surface area contributed by atoms with E-state index in [1.807, 2.05) is 0 Å². The number of carboxylic acids is 1. The Bertz CT molecular complexity index is 664. The van der Waals surface area contributed by atoms with E-state index in [1.165, 1.54) is 18.2 Å². The molecule has 132 valence electrons. The second-order valence-corrected chi connectivity index (χ2v) is 5.73. The molecule has 1 rings (SSSR count). The van der Waals surface area contributed by atoms with Gasteiger partial charge in [0.15, 0.2) is 6.73 Å². The fraction of sp³-hybridized carbons (Fsp3) is 0.286. The van der Waals surface area contributed by atoms with Crippen molar-refractivity contribution in [2.24, 2.45) is 17.5 Å². The molecule has 1 aromatic rings. The van der Waals surface area contributed by atoms with Crippen LogP contribution in [0.3, 0.4) is 0 Å². The third-order valence-electron chi connectivity index (χ3n) is 2.66. The highest BCUT2D eigenvalue weighted by atomic mass is 35.5. The van der Waals surface area contributed by atoms with Crippen molar-refractivity contribution in [1.82, 2.24) is 5.01 Å². The van der Waals surface area contributed by atoms with Gasteiger partial charge in [-0.05, 0) is 12.1 Å². The van der Waals surface area contributed by atoms with Crippen LogP contribution in [0.2, 0.25) is 10.0 Å². The van der Waals surface area contributed by atoms with Gasteiger partial charge in [0.2, 0.25) is 11.6 Å². The van der Waals surface area contributed by atoms with E-state index in [0.717, 1.165) is 0 Å². The van der Waals surface area contributed by atoms with Gasteiger partial charge in [-0.1, -0.05) is 37.0 Å². The van der Waals surface area contributed by atoms with E-state index in [1.54, 1.807) is 13.8 Å². The first-order valence-electron chi connectivity index (χ1n) is 6.68. The molecule has 0 saturated heterocycles. The maximum absolute atomic E-state index is 11.4. The van der Waals surface area contributed by atoms with Crippen LogP contribution in [0.1, 0.15) is 13.8 Å². The van der Waals surface area contributed by atoms with Gasteiger partial charge in [-0.3, -0.25) is 9.80 Å². The first kappa shape index (κ1) is 19.9. The molecule has 0 amide bonds. The Hall–Kier alpha value is -2.16. The zero-order valence-electron chi connectivity index (χ0n) is 13.0. The molecule has 0 aliphatic carbocycles. The molecular formula is C14H17Cl2N3O5. The van der Waals surface area contributed by atoms with E-state index in [2.05, 4.69) is 0 Å². The van der Waals surface area contributed by atoms with Crippen LogP contribution in [0.25, 0.3) is 0 Å². The average Bonchev–Trinajstić information content (AvgIpc) is 2.48. The summed E-state index contributed by atoms with van der Waals surface area (Å²) in [5, 5.41) is 10.4. The van der Waals surface area contributed by atoms with Gasteiger partial charge in [0.1, 0.15) is 5.75 Å². The van der Waals surface area contributed by atoms with E-state index >= 15 is 0 Å². The third-order valence-corrected chi connectivity index (χ3v) is 3.40. The Morgan fingerprint density at radius 3 is 2.42 bits per heavy atom. The van der Waals surface area contributed by atoms with Crippen LogP contribution in [-0.4, -0.2) is 28.8 Å². The normalized spacial score (nSPS) is 11.8. The van der Waals surface area contributed by atoms with E-state index in [-0.39, 0.29) is 16.7 Å².